The molecule has 0 aliphatic carbocycles. The fourth-order valence-corrected chi connectivity index (χ4v) is 2.99. The van der Waals surface area contributed by atoms with Crippen LogP contribution in [0.3, 0.4) is 0 Å². The Morgan fingerprint density at radius 3 is 2.43 bits per heavy atom. The summed E-state index contributed by atoms with van der Waals surface area (Å²) >= 11 is 0. The zero-order chi connectivity index (χ0) is 20.3. The van der Waals surface area contributed by atoms with Gasteiger partial charge in [-0.2, -0.15) is 18.3 Å². The van der Waals surface area contributed by atoms with E-state index in [2.05, 4.69) is 10.5 Å². The van der Waals surface area contributed by atoms with Gasteiger partial charge >= 0.3 is 6.18 Å². The van der Waals surface area contributed by atoms with Crippen molar-refractivity contribution in [3.63, 3.8) is 0 Å². The van der Waals surface area contributed by atoms with Crippen LogP contribution in [0, 0.1) is 13.8 Å². The van der Waals surface area contributed by atoms with E-state index >= 15 is 0 Å². The maximum absolute atomic E-state index is 12.7. The highest BCUT2D eigenvalue weighted by molar-refractivity contribution is 5.96. The lowest BCUT2D eigenvalue weighted by atomic mass is 10.1. The molecular formula is C21H18F3N3O. The molecule has 0 radical (unpaired) electrons. The molecule has 0 aliphatic heterocycles. The first-order valence-corrected chi connectivity index (χ1v) is 8.52. The van der Waals surface area contributed by atoms with E-state index in [1.807, 2.05) is 48.7 Å². The van der Waals surface area contributed by atoms with E-state index in [0.29, 0.717) is 5.56 Å². The van der Waals surface area contributed by atoms with Crippen LogP contribution in [0.25, 0.3) is 5.69 Å². The molecule has 144 valence electrons. The Labute approximate surface area is 160 Å². The SMILES string of the molecule is Cc1cc(C(=O)N/N=C/c2cccc(C(F)(F)F)c2)c(C)n1-c1ccccc1. The molecule has 0 spiro atoms. The minimum atomic E-state index is -4.43. The lowest BCUT2D eigenvalue weighted by molar-refractivity contribution is -0.137. The number of rotatable bonds is 4. The number of nitrogens with zero attached hydrogens (tertiary/aromatic N) is 2. The topological polar surface area (TPSA) is 46.4 Å². The second kappa shape index (κ2) is 7.72. The van der Waals surface area contributed by atoms with E-state index < -0.39 is 17.6 Å². The van der Waals surface area contributed by atoms with Crippen LogP contribution >= 0.6 is 0 Å². The normalized spacial score (nSPS) is 11.8. The number of nitrogens with one attached hydrogen (secondary N) is 1. The Kier molecular flexibility index (Phi) is 5.35. The van der Waals surface area contributed by atoms with Crippen molar-refractivity contribution < 1.29 is 18.0 Å². The summed E-state index contributed by atoms with van der Waals surface area (Å²) in [5, 5.41) is 3.79. The number of halogens is 3. The molecule has 0 saturated carbocycles. The Morgan fingerprint density at radius 1 is 1.04 bits per heavy atom. The van der Waals surface area contributed by atoms with Crippen molar-refractivity contribution in [2.45, 2.75) is 20.0 Å². The molecule has 1 aromatic heterocycles. The standard InChI is InChI=1S/C21H18F3N3O/c1-14-11-19(15(2)27(14)18-9-4-3-5-10-18)20(28)26-25-13-16-7-6-8-17(12-16)21(22,23)24/h3-13H,1-2H3,(H,26,28)/b25-13+. The quantitative estimate of drug-likeness (QED) is 0.505. The van der Waals surface area contributed by atoms with Crippen LogP contribution in [-0.4, -0.2) is 16.7 Å². The molecular weight excluding hydrogens is 367 g/mol. The maximum Gasteiger partial charge on any atom is 0.416 e. The van der Waals surface area contributed by atoms with Crippen LogP contribution < -0.4 is 5.43 Å². The van der Waals surface area contributed by atoms with E-state index in [-0.39, 0.29) is 5.56 Å². The van der Waals surface area contributed by atoms with Crippen LogP contribution in [0.5, 0.6) is 0 Å². The molecule has 2 aromatic carbocycles. The summed E-state index contributed by atoms with van der Waals surface area (Å²) in [6.45, 7) is 3.72. The molecule has 4 nitrogen and oxygen atoms in total. The highest BCUT2D eigenvalue weighted by Gasteiger charge is 2.30. The second-order valence-electron chi connectivity index (χ2n) is 6.28. The van der Waals surface area contributed by atoms with Gasteiger partial charge in [-0.25, -0.2) is 5.43 Å². The number of hydrogen-bond donors (Lipinski definition) is 1. The molecule has 1 heterocycles. The van der Waals surface area contributed by atoms with Crippen molar-refractivity contribution >= 4 is 12.1 Å². The number of benzene rings is 2. The van der Waals surface area contributed by atoms with Gasteiger partial charge < -0.3 is 4.57 Å². The number of alkyl halides is 3. The van der Waals surface area contributed by atoms with E-state index in [4.69, 9.17) is 0 Å². The Bertz CT molecular complexity index is 1020. The van der Waals surface area contributed by atoms with Crippen LogP contribution in [0.2, 0.25) is 0 Å². The van der Waals surface area contributed by atoms with Gasteiger partial charge in [-0.15, -0.1) is 0 Å². The molecule has 0 aliphatic rings. The number of aryl methyl sites for hydroxylation is 1. The number of para-hydroxylation sites is 1. The summed E-state index contributed by atoms with van der Waals surface area (Å²) in [5.74, 6) is -0.432. The summed E-state index contributed by atoms with van der Waals surface area (Å²) in [4.78, 5) is 12.5. The monoisotopic (exact) mass is 385 g/mol. The number of carbonyl (C=O) groups is 1. The second-order valence-corrected chi connectivity index (χ2v) is 6.28. The average Bonchev–Trinajstić information content (AvgIpc) is 2.96. The maximum atomic E-state index is 12.7. The largest absolute Gasteiger partial charge is 0.416 e. The van der Waals surface area contributed by atoms with Crippen LogP contribution in [0.4, 0.5) is 13.2 Å². The molecule has 0 unspecified atom stereocenters. The third-order valence-electron chi connectivity index (χ3n) is 4.28. The molecule has 0 atom stereocenters. The van der Waals surface area contributed by atoms with E-state index in [1.165, 1.54) is 18.3 Å². The summed E-state index contributed by atoms with van der Waals surface area (Å²) in [7, 11) is 0. The van der Waals surface area contributed by atoms with Gasteiger partial charge in [-0.1, -0.05) is 30.3 Å². The molecule has 3 aromatic rings. The summed E-state index contributed by atoms with van der Waals surface area (Å²) in [6.07, 6.45) is -3.24. The Hall–Kier alpha value is -3.35. The first-order valence-electron chi connectivity index (χ1n) is 8.52. The van der Waals surface area contributed by atoms with Gasteiger partial charge in [0.1, 0.15) is 0 Å². The molecule has 3 rings (SSSR count). The third-order valence-corrected chi connectivity index (χ3v) is 4.28. The predicted molar refractivity (Wildman–Crippen MR) is 102 cm³/mol. The first-order chi connectivity index (χ1) is 13.3. The molecule has 1 N–H and O–H groups in total. The number of aromatic nitrogens is 1. The fourth-order valence-electron chi connectivity index (χ4n) is 2.99. The van der Waals surface area contributed by atoms with Crippen LogP contribution in [0.15, 0.2) is 65.8 Å². The van der Waals surface area contributed by atoms with Crippen molar-refractivity contribution in [1.29, 1.82) is 0 Å². The summed E-state index contributed by atoms with van der Waals surface area (Å²) in [6, 6.07) is 16.1. The minimum Gasteiger partial charge on any atom is -0.318 e. The van der Waals surface area contributed by atoms with Gasteiger partial charge in [-0.3, -0.25) is 4.79 Å². The summed E-state index contributed by atoms with van der Waals surface area (Å²) < 4.78 is 40.2. The zero-order valence-corrected chi connectivity index (χ0v) is 15.3. The number of carbonyl (C=O) groups excluding carboxylic acids is 1. The first kappa shape index (κ1) is 19.4. The zero-order valence-electron chi connectivity index (χ0n) is 15.3. The van der Waals surface area contributed by atoms with Crippen molar-refractivity contribution in [2.75, 3.05) is 0 Å². The number of hydrazone groups is 1. The van der Waals surface area contributed by atoms with Crippen molar-refractivity contribution in [3.8, 4) is 5.69 Å². The van der Waals surface area contributed by atoms with Crippen molar-refractivity contribution in [2.24, 2.45) is 5.10 Å². The number of amides is 1. The summed E-state index contributed by atoms with van der Waals surface area (Å²) in [5.41, 5.74) is 4.86. The smallest absolute Gasteiger partial charge is 0.318 e. The lowest BCUT2D eigenvalue weighted by Crippen LogP contribution is -2.18. The van der Waals surface area contributed by atoms with Gasteiger partial charge in [-0.05, 0) is 49.7 Å². The van der Waals surface area contributed by atoms with Gasteiger partial charge in [0.05, 0.1) is 17.3 Å². The van der Waals surface area contributed by atoms with E-state index in [9.17, 15) is 18.0 Å². The molecule has 28 heavy (non-hydrogen) atoms. The van der Waals surface area contributed by atoms with Crippen molar-refractivity contribution in [1.82, 2.24) is 9.99 Å². The van der Waals surface area contributed by atoms with Gasteiger partial charge in [0.15, 0.2) is 0 Å². The minimum absolute atomic E-state index is 0.241. The molecule has 0 fully saturated rings. The molecule has 1 amide bonds. The Morgan fingerprint density at radius 2 is 1.75 bits per heavy atom. The highest BCUT2D eigenvalue weighted by Crippen LogP contribution is 2.29. The third kappa shape index (κ3) is 4.14. The van der Waals surface area contributed by atoms with Gasteiger partial charge in [0.25, 0.3) is 5.91 Å². The molecule has 0 saturated heterocycles. The molecule has 0 bridgehead atoms. The van der Waals surface area contributed by atoms with Gasteiger partial charge in [0, 0.05) is 17.1 Å². The van der Waals surface area contributed by atoms with Crippen LogP contribution in [-0.2, 0) is 6.18 Å². The fraction of sp³-hybridized carbons (Fsp3) is 0.143. The van der Waals surface area contributed by atoms with Gasteiger partial charge in [0.2, 0.25) is 0 Å². The van der Waals surface area contributed by atoms with E-state index in [0.717, 1.165) is 29.2 Å². The molecule has 7 heteroatoms. The van der Waals surface area contributed by atoms with Crippen molar-refractivity contribution in [3.05, 3.63) is 88.7 Å². The highest BCUT2D eigenvalue weighted by atomic mass is 19.4. The average molecular weight is 385 g/mol. The lowest BCUT2D eigenvalue weighted by Gasteiger charge is -2.09. The van der Waals surface area contributed by atoms with Crippen LogP contribution in [0.1, 0.15) is 32.9 Å². The predicted octanol–water partition coefficient (Wildman–Crippen LogP) is 4.88. The van der Waals surface area contributed by atoms with E-state index in [1.54, 1.807) is 6.07 Å². The number of hydrogen-bond acceptors (Lipinski definition) is 2. The Balaban J connectivity index is 1.77.